The van der Waals surface area contributed by atoms with Crippen LogP contribution < -0.4 is 4.74 Å². The van der Waals surface area contributed by atoms with Gasteiger partial charge in [-0.1, -0.05) is 18.2 Å². The molecule has 0 radical (unpaired) electrons. The number of nitrogens with zero attached hydrogens (tertiary/aromatic N) is 2. The number of ether oxygens (including phenoxy) is 1. The molecule has 7 heteroatoms. The van der Waals surface area contributed by atoms with Crippen LogP contribution in [0.1, 0.15) is 33.3 Å². The maximum Gasteiger partial charge on any atom is 0.294 e. The van der Waals surface area contributed by atoms with Crippen molar-refractivity contribution >= 4 is 34.9 Å². The van der Waals surface area contributed by atoms with E-state index in [2.05, 4.69) is 0 Å². The molecule has 2 rings (SSSR count). The minimum absolute atomic E-state index is 0.00782. The van der Waals surface area contributed by atoms with Crippen LogP contribution in [-0.4, -0.2) is 52.6 Å². The maximum absolute atomic E-state index is 12.6. The van der Waals surface area contributed by atoms with Gasteiger partial charge in [-0.25, -0.2) is 0 Å². The topological polar surface area (TPSA) is 66.9 Å². The lowest BCUT2D eigenvalue weighted by atomic mass is 10.2. The molecule has 0 spiro atoms. The quantitative estimate of drug-likeness (QED) is 0.712. The van der Waals surface area contributed by atoms with E-state index < -0.39 is 11.1 Å². The predicted octanol–water partition coefficient (Wildman–Crippen LogP) is 3.38. The van der Waals surface area contributed by atoms with Gasteiger partial charge < -0.3 is 9.64 Å². The average molecular weight is 376 g/mol. The number of para-hydroxylation sites is 1. The first-order valence-corrected chi connectivity index (χ1v) is 9.27. The van der Waals surface area contributed by atoms with E-state index >= 15 is 0 Å². The van der Waals surface area contributed by atoms with E-state index in [1.54, 1.807) is 30.2 Å². The summed E-state index contributed by atoms with van der Waals surface area (Å²) in [5.74, 6) is -0.0799. The van der Waals surface area contributed by atoms with E-state index in [0.29, 0.717) is 11.3 Å². The summed E-state index contributed by atoms with van der Waals surface area (Å²) in [7, 11) is 1.55. The highest BCUT2D eigenvalue weighted by Gasteiger charge is 2.37. The fraction of sp³-hybridized carbons (Fsp3) is 0.421. The highest BCUT2D eigenvalue weighted by atomic mass is 32.2. The van der Waals surface area contributed by atoms with Gasteiger partial charge in [-0.15, -0.1) is 0 Å². The van der Waals surface area contributed by atoms with E-state index in [9.17, 15) is 14.4 Å². The molecule has 0 N–H and O–H groups in total. The van der Waals surface area contributed by atoms with Crippen molar-refractivity contribution in [2.75, 3.05) is 13.7 Å². The first kappa shape index (κ1) is 20.0. The van der Waals surface area contributed by atoms with Gasteiger partial charge in [0.1, 0.15) is 12.3 Å². The number of amides is 3. The lowest BCUT2D eigenvalue weighted by molar-refractivity contribution is -0.138. The Balaban J connectivity index is 2.21. The van der Waals surface area contributed by atoms with E-state index in [1.807, 2.05) is 39.8 Å². The van der Waals surface area contributed by atoms with Gasteiger partial charge >= 0.3 is 0 Å². The Kier molecular flexibility index (Phi) is 6.47. The molecule has 0 bridgehead atoms. The zero-order chi connectivity index (χ0) is 19.4. The number of hydrogen-bond donors (Lipinski definition) is 0. The standard InChI is InChI=1S/C19H24N2O4S/c1-12(2)21(13(3)4)17(22)11-20-18(23)16(26-19(20)24)10-14-8-6-7-9-15(14)25-5/h6-10,12-13H,11H2,1-5H3/b16-10-. The lowest BCUT2D eigenvalue weighted by Gasteiger charge is -2.31. The van der Waals surface area contributed by atoms with Gasteiger partial charge in [0.05, 0.1) is 12.0 Å². The molecule has 0 unspecified atom stereocenters. The molecule has 140 valence electrons. The van der Waals surface area contributed by atoms with Crippen molar-refractivity contribution in [2.24, 2.45) is 0 Å². The number of benzene rings is 1. The van der Waals surface area contributed by atoms with Gasteiger partial charge in [0.25, 0.3) is 11.1 Å². The van der Waals surface area contributed by atoms with Gasteiger partial charge in [-0.05, 0) is 51.6 Å². The molecular weight excluding hydrogens is 352 g/mol. The predicted molar refractivity (Wildman–Crippen MR) is 103 cm³/mol. The first-order valence-electron chi connectivity index (χ1n) is 8.45. The Morgan fingerprint density at radius 1 is 1.19 bits per heavy atom. The third kappa shape index (κ3) is 4.27. The summed E-state index contributed by atoms with van der Waals surface area (Å²) in [6.45, 7) is 7.39. The second-order valence-electron chi connectivity index (χ2n) is 6.50. The highest BCUT2D eigenvalue weighted by Crippen LogP contribution is 2.33. The van der Waals surface area contributed by atoms with Crippen molar-refractivity contribution in [1.82, 2.24) is 9.80 Å². The van der Waals surface area contributed by atoms with Gasteiger partial charge in [0.15, 0.2) is 0 Å². The number of thioether (sulfide) groups is 1. The monoisotopic (exact) mass is 376 g/mol. The highest BCUT2D eigenvalue weighted by molar-refractivity contribution is 8.18. The van der Waals surface area contributed by atoms with Crippen LogP contribution >= 0.6 is 11.8 Å². The van der Waals surface area contributed by atoms with E-state index in [-0.39, 0.29) is 29.4 Å². The summed E-state index contributed by atoms with van der Waals surface area (Å²) in [6.07, 6.45) is 1.62. The van der Waals surface area contributed by atoms with Crippen LogP contribution in [0.15, 0.2) is 29.2 Å². The molecule has 1 aromatic rings. The van der Waals surface area contributed by atoms with Gasteiger partial charge in [0.2, 0.25) is 5.91 Å². The van der Waals surface area contributed by atoms with E-state index in [0.717, 1.165) is 16.7 Å². The first-order chi connectivity index (χ1) is 12.3. The SMILES string of the molecule is COc1ccccc1/C=C1\SC(=O)N(CC(=O)N(C(C)C)C(C)C)C1=O. The summed E-state index contributed by atoms with van der Waals surface area (Å²) < 4.78 is 5.27. The molecule has 1 fully saturated rings. The third-order valence-corrected chi connectivity index (χ3v) is 4.90. The minimum Gasteiger partial charge on any atom is -0.496 e. The average Bonchev–Trinajstić information content (AvgIpc) is 2.82. The molecule has 3 amide bonds. The second-order valence-corrected chi connectivity index (χ2v) is 7.49. The van der Waals surface area contributed by atoms with E-state index in [1.165, 1.54) is 0 Å². The van der Waals surface area contributed by atoms with E-state index in [4.69, 9.17) is 4.74 Å². The van der Waals surface area contributed by atoms with Crippen LogP contribution in [0.5, 0.6) is 5.75 Å². The summed E-state index contributed by atoms with van der Waals surface area (Å²) in [5, 5.41) is -0.433. The summed E-state index contributed by atoms with van der Waals surface area (Å²) in [5.41, 5.74) is 0.706. The Labute approximate surface area is 158 Å². The van der Waals surface area contributed by atoms with Gasteiger partial charge in [-0.2, -0.15) is 0 Å². The third-order valence-electron chi connectivity index (χ3n) is 3.99. The zero-order valence-corrected chi connectivity index (χ0v) is 16.5. The Morgan fingerprint density at radius 2 is 1.81 bits per heavy atom. The number of carbonyl (C=O) groups is 3. The summed E-state index contributed by atoms with van der Waals surface area (Å²) in [4.78, 5) is 40.4. The molecule has 1 aromatic carbocycles. The summed E-state index contributed by atoms with van der Waals surface area (Å²) >= 11 is 0.839. The molecule has 1 heterocycles. The maximum atomic E-state index is 12.6. The summed E-state index contributed by atoms with van der Waals surface area (Å²) in [6, 6.07) is 7.22. The van der Waals surface area contributed by atoms with Crippen LogP contribution in [0.4, 0.5) is 4.79 Å². The van der Waals surface area contributed by atoms with Crippen molar-refractivity contribution in [2.45, 2.75) is 39.8 Å². The van der Waals surface area contributed by atoms with Crippen LogP contribution in [0, 0.1) is 0 Å². The molecule has 26 heavy (non-hydrogen) atoms. The molecule has 0 aromatic heterocycles. The Hall–Kier alpha value is -2.28. The largest absolute Gasteiger partial charge is 0.496 e. The number of methoxy groups -OCH3 is 1. The number of imide groups is 1. The van der Waals surface area contributed by atoms with Crippen molar-refractivity contribution in [3.05, 3.63) is 34.7 Å². The molecule has 6 nitrogen and oxygen atoms in total. The molecule has 1 saturated heterocycles. The smallest absolute Gasteiger partial charge is 0.294 e. The number of hydrogen-bond acceptors (Lipinski definition) is 5. The fourth-order valence-corrected chi connectivity index (χ4v) is 3.78. The molecule has 0 atom stereocenters. The molecule has 1 aliphatic heterocycles. The fourth-order valence-electron chi connectivity index (χ4n) is 2.95. The van der Waals surface area contributed by atoms with Crippen LogP contribution in [-0.2, 0) is 9.59 Å². The zero-order valence-electron chi connectivity index (χ0n) is 15.7. The van der Waals surface area contributed by atoms with Crippen molar-refractivity contribution in [3.8, 4) is 5.75 Å². The minimum atomic E-state index is -0.452. The number of carbonyl (C=O) groups excluding carboxylic acids is 3. The Morgan fingerprint density at radius 3 is 2.38 bits per heavy atom. The van der Waals surface area contributed by atoms with Crippen LogP contribution in [0.2, 0.25) is 0 Å². The lowest BCUT2D eigenvalue weighted by Crippen LogP contribution is -2.48. The van der Waals surface area contributed by atoms with Gasteiger partial charge in [-0.3, -0.25) is 19.3 Å². The normalized spacial score (nSPS) is 16.1. The van der Waals surface area contributed by atoms with Gasteiger partial charge in [0, 0.05) is 17.6 Å². The molecule has 1 aliphatic rings. The van der Waals surface area contributed by atoms with Crippen molar-refractivity contribution in [1.29, 1.82) is 0 Å². The molecule has 0 saturated carbocycles. The van der Waals surface area contributed by atoms with Crippen molar-refractivity contribution in [3.63, 3.8) is 0 Å². The van der Waals surface area contributed by atoms with Crippen LogP contribution in [0.3, 0.4) is 0 Å². The molecular formula is C19H24N2O4S. The Bertz CT molecular complexity index is 735. The molecule has 0 aliphatic carbocycles. The van der Waals surface area contributed by atoms with Crippen LogP contribution in [0.25, 0.3) is 6.08 Å². The second kappa shape index (κ2) is 8.40. The van der Waals surface area contributed by atoms with Crippen molar-refractivity contribution < 1.29 is 19.1 Å². The number of rotatable bonds is 6.